The van der Waals surface area contributed by atoms with Crippen LogP contribution in [0.2, 0.25) is 0 Å². The highest BCUT2D eigenvalue weighted by Gasteiger charge is 2.24. The Kier molecular flexibility index (Phi) is 5.64. The average Bonchev–Trinajstić information content (AvgIpc) is 3.25. The summed E-state index contributed by atoms with van der Waals surface area (Å²) in [7, 11) is 0. The average molecular weight is 363 g/mol. The van der Waals surface area contributed by atoms with E-state index in [1.807, 2.05) is 22.4 Å². The molecule has 134 valence electrons. The molecule has 0 saturated carbocycles. The van der Waals surface area contributed by atoms with E-state index in [0.29, 0.717) is 31.1 Å². The summed E-state index contributed by atoms with van der Waals surface area (Å²) >= 11 is 1.51. The van der Waals surface area contributed by atoms with Crippen molar-refractivity contribution >= 4 is 28.3 Å². The number of carbonyl (C=O) groups excluding carboxylic acids is 1. The highest BCUT2D eigenvalue weighted by Crippen LogP contribution is 2.21. The van der Waals surface area contributed by atoms with Crippen molar-refractivity contribution in [2.24, 2.45) is 5.92 Å². The summed E-state index contributed by atoms with van der Waals surface area (Å²) in [6.07, 6.45) is 4.23. The van der Waals surface area contributed by atoms with Gasteiger partial charge in [0.15, 0.2) is 0 Å². The lowest BCUT2D eigenvalue weighted by Gasteiger charge is -2.32. The maximum absolute atomic E-state index is 12.3. The van der Waals surface area contributed by atoms with Crippen LogP contribution < -0.4 is 5.32 Å². The molecular formula is C16H21N5O3S. The van der Waals surface area contributed by atoms with E-state index in [9.17, 15) is 9.59 Å². The van der Waals surface area contributed by atoms with Crippen LogP contribution in [0.3, 0.4) is 0 Å². The molecule has 9 heteroatoms. The fraction of sp³-hybridized carbons (Fsp3) is 0.500. The first-order chi connectivity index (χ1) is 12.1. The molecule has 2 N–H and O–H groups in total. The first kappa shape index (κ1) is 17.4. The quantitative estimate of drug-likeness (QED) is 0.820. The number of urea groups is 1. The van der Waals surface area contributed by atoms with Crippen LogP contribution in [0, 0.1) is 5.92 Å². The van der Waals surface area contributed by atoms with Gasteiger partial charge < -0.3 is 10.0 Å². The van der Waals surface area contributed by atoms with Crippen molar-refractivity contribution in [2.45, 2.75) is 32.2 Å². The maximum Gasteiger partial charge on any atom is 0.322 e. The lowest BCUT2D eigenvalue weighted by Crippen LogP contribution is -2.43. The molecule has 0 unspecified atom stereocenters. The minimum atomic E-state index is -0.839. The first-order valence-electron chi connectivity index (χ1n) is 8.30. The molecule has 8 nitrogen and oxygen atoms in total. The number of rotatable bonds is 6. The second-order valence-electron chi connectivity index (χ2n) is 6.19. The third-order valence-corrected chi connectivity index (χ3v) is 4.97. The van der Waals surface area contributed by atoms with Gasteiger partial charge in [-0.1, -0.05) is 5.21 Å². The number of hydrogen-bond donors (Lipinski definition) is 2. The molecule has 3 heterocycles. The normalized spacial score (nSPS) is 17.4. The van der Waals surface area contributed by atoms with Gasteiger partial charge >= 0.3 is 12.0 Å². The van der Waals surface area contributed by atoms with E-state index in [0.717, 1.165) is 24.4 Å². The van der Waals surface area contributed by atoms with Gasteiger partial charge in [-0.25, -0.2) is 4.79 Å². The topological polar surface area (TPSA) is 100 Å². The lowest BCUT2D eigenvalue weighted by atomic mass is 9.98. The number of carboxylic acids is 1. The maximum atomic E-state index is 12.3. The Bertz CT molecular complexity index is 715. The molecule has 1 aliphatic rings. The second kappa shape index (κ2) is 8.11. The predicted molar refractivity (Wildman–Crippen MR) is 93.6 cm³/mol. The fourth-order valence-electron chi connectivity index (χ4n) is 2.97. The van der Waals surface area contributed by atoms with E-state index in [1.54, 1.807) is 10.9 Å². The monoisotopic (exact) mass is 363 g/mol. The summed E-state index contributed by atoms with van der Waals surface area (Å²) in [5.41, 5.74) is 0.686. The number of likely N-dealkylation sites (tertiary alicyclic amines) is 1. The molecule has 1 aliphatic heterocycles. The van der Waals surface area contributed by atoms with E-state index in [1.165, 1.54) is 11.3 Å². The standard InChI is InChI=1S/C16H21N5O3S/c22-15(23)6-5-13-11-21(19-18-13)10-12-3-1-7-20(9-12)16(24)17-14-4-2-8-25-14/h2,4,8,11-12H,1,3,5-7,9-10H2,(H,17,24)(H,22,23)/t12-/m0/s1. The number of aromatic nitrogens is 3. The van der Waals surface area contributed by atoms with Gasteiger partial charge in [-0.3, -0.25) is 14.8 Å². The highest BCUT2D eigenvalue weighted by atomic mass is 32.1. The first-order valence-corrected chi connectivity index (χ1v) is 9.18. The predicted octanol–water partition coefficient (Wildman–Crippen LogP) is 2.30. The number of piperidine rings is 1. The van der Waals surface area contributed by atoms with Crippen molar-refractivity contribution in [3.05, 3.63) is 29.4 Å². The summed E-state index contributed by atoms with van der Waals surface area (Å²) in [4.78, 5) is 24.8. The van der Waals surface area contributed by atoms with Crippen molar-refractivity contribution in [3.8, 4) is 0 Å². The molecule has 1 saturated heterocycles. The zero-order valence-corrected chi connectivity index (χ0v) is 14.6. The summed E-state index contributed by atoms with van der Waals surface area (Å²) in [5.74, 6) is -0.522. The van der Waals surface area contributed by atoms with E-state index in [2.05, 4.69) is 15.6 Å². The number of amides is 2. The van der Waals surface area contributed by atoms with Crippen LogP contribution in [0.25, 0.3) is 0 Å². The third kappa shape index (κ3) is 5.02. The number of carboxylic acid groups (broad SMARTS) is 1. The Hall–Kier alpha value is -2.42. The molecule has 0 aliphatic carbocycles. The minimum Gasteiger partial charge on any atom is -0.481 e. The molecule has 3 rings (SSSR count). The lowest BCUT2D eigenvalue weighted by molar-refractivity contribution is -0.136. The molecule has 2 aromatic rings. The molecule has 0 bridgehead atoms. The summed E-state index contributed by atoms with van der Waals surface area (Å²) < 4.78 is 1.75. The van der Waals surface area contributed by atoms with Crippen molar-refractivity contribution in [3.63, 3.8) is 0 Å². The highest BCUT2D eigenvalue weighted by molar-refractivity contribution is 7.14. The molecule has 0 radical (unpaired) electrons. The minimum absolute atomic E-state index is 0.0544. The largest absolute Gasteiger partial charge is 0.481 e. The van der Waals surface area contributed by atoms with E-state index in [4.69, 9.17) is 5.11 Å². The number of thiophene rings is 1. The number of anilines is 1. The Morgan fingerprint density at radius 2 is 2.32 bits per heavy atom. The van der Waals surface area contributed by atoms with Crippen molar-refractivity contribution in [2.75, 3.05) is 18.4 Å². The van der Waals surface area contributed by atoms with Crippen LogP contribution in [0.5, 0.6) is 0 Å². The summed E-state index contributed by atoms with van der Waals surface area (Å²) in [6.45, 7) is 2.12. The Morgan fingerprint density at radius 3 is 3.08 bits per heavy atom. The van der Waals surface area contributed by atoms with Gasteiger partial charge in [-0.2, -0.15) is 0 Å². The number of aliphatic carboxylic acids is 1. The molecule has 1 atom stereocenters. The van der Waals surface area contributed by atoms with Gasteiger partial charge in [0, 0.05) is 32.3 Å². The number of carbonyl (C=O) groups is 2. The Morgan fingerprint density at radius 1 is 1.44 bits per heavy atom. The molecule has 0 spiro atoms. The number of nitrogens with zero attached hydrogens (tertiary/aromatic N) is 4. The summed E-state index contributed by atoms with van der Waals surface area (Å²) in [5, 5.41) is 22.5. The van der Waals surface area contributed by atoms with Gasteiger partial charge in [0.2, 0.25) is 0 Å². The molecule has 0 aromatic carbocycles. The number of nitrogens with one attached hydrogen (secondary N) is 1. The zero-order valence-electron chi connectivity index (χ0n) is 13.8. The van der Waals surface area contributed by atoms with E-state index in [-0.39, 0.29) is 12.5 Å². The van der Waals surface area contributed by atoms with Crippen molar-refractivity contribution in [1.82, 2.24) is 19.9 Å². The molecule has 25 heavy (non-hydrogen) atoms. The van der Waals surface area contributed by atoms with Crippen LogP contribution in [0.1, 0.15) is 25.0 Å². The molecule has 2 aromatic heterocycles. The van der Waals surface area contributed by atoms with E-state index < -0.39 is 5.97 Å². The zero-order chi connectivity index (χ0) is 17.6. The summed E-state index contributed by atoms with van der Waals surface area (Å²) in [6, 6.07) is 3.73. The molecular weight excluding hydrogens is 342 g/mol. The van der Waals surface area contributed by atoms with Gasteiger partial charge in [0.1, 0.15) is 0 Å². The Labute approximate surface area is 149 Å². The smallest absolute Gasteiger partial charge is 0.322 e. The third-order valence-electron chi connectivity index (χ3n) is 4.18. The number of hydrogen-bond acceptors (Lipinski definition) is 5. The van der Waals surface area contributed by atoms with Crippen molar-refractivity contribution < 1.29 is 14.7 Å². The fourth-order valence-corrected chi connectivity index (χ4v) is 3.58. The van der Waals surface area contributed by atoms with Crippen LogP contribution in [0.4, 0.5) is 9.80 Å². The Balaban J connectivity index is 1.51. The number of aryl methyl sites for hydroxylation is 1. The van der Waals surface area contributed by atoms with Crippen LogP contribution in [-0.4, -0.2) is 50.1 Å². The van der Waals surface area contributed by atoms with Crippen molar-refractivity contribution in [1.29, 1.82) is 0 Å². The van der Waals surface area contributed by atoms with Crippen LogP contribution in [0.15, 0.2) is 23.7 Å². The van der Waals surface area contributed by atoms with Crippen LogP contribution >= 0.6 is 11.3 Å². The van der Waals surface area contributed by atoms with Gasteiger partial charge in [0.05, 0.1) is 17.1 Å². The van der Waals surface area contributed by atoms with Crippen LogP contribution in [-0.2, 0) is 17.8 Å². The van der Waals surface area contributed by atoms with Gasteiger partial charge in [-0.05, 0) is 36.3 Å². The van der Waals surface area contributed by atoms with Gasteiger partial charge in [0.25, 0.3) is 0 Å². The molecule has 1 fully saturated rings. The molecule has 2 amide bonds. The van der Waals surface area contributed by atoms with Gasteiger partial charge in [-0.15, -0.1) is 16.4 Å². The second-order valence-corrected chi connectivity index (χ2v) is 7.14. The van der Waals surface area contributed by atoms with E-state index >= 15 is 0 Å². The SMILES string of the molecule is O=C(O)CCc1cn(C[C@H]2CCCN(C(=O)Nc3cccs3)C2)nn1.